The summed E-state index contributed by atoms with van der Waals surface area (Å²) in [6.45, 7) is 12.8. The van der Waals surface area contributed by atoms with Gasteiger partial charge in [-0.3, -0.25) is 0 Å². The number of aromatic nitrogens is 2. The number of carboxylic acid groups (broad SMARTS) is 1. The summed E-state index contributed by atoms with van der Waals surface area (Å²) in [5.41, 5.74) is 3.40. The maximum absolute atomic E-state index is 16.6. The number of anilines is 1. The van der Waals surface area contributed by atoms with Gasteiger partial charge in [0, 0.05) is 30.4 Å². The van der Waals surface area contributed by atoms with Gasteiger partial charge in [-0.2, -0.15) is 19.6 Å². The molecule has 0 bridgehead atoms. The van der Waals surface area contributed by atoms with Crippen LogP contribution in [0.15, 0.2) is 36.4 Å². The van der Waals surface area contributed by atoms with Crippen molar-refractivity contribution in [3.63, 3.8) is 0 Å². The fourth-order valence-corrected chi connectivity index (χ4v) is 12.7. The van der Waals surface area contributed by atoms with Gasteiger partial charge in [-0.05, 0) is 39.7 Å². The molecule has 1 amide bonds. The highest BCUT2D eigenvalue weighted by Crippen LogP contribution is 2.42. The van der Waals surface area contributed by atoms with Gasteiger partial charge in [0.15, 0.2) is 5.82 Å². The Kier molecular flexibility index (Phi) is 9.70. The maximum Gasteiger partial charge on any atom is 0.407 e. The number of benzene rings is 3. The molecule has 0 aliphatic carbocycles. The van der Waals surface area contributed by atoms with E-state index in [1.165, 1.54) is 23.1 Å². The number of hydrogen-bond donors (Lipinski definition) is 1. The van der Waals surface area contributed by atoms with E-state index in [1.807, 2.05) is 6.07 Å². The molecule has 0 unspecified atom stereocenters. The Balaban J connectivity index is 1.73. The number of amides is 1. The summed E-state index contributed by atoms with van der Waals surface area (Å²) in [4.78, 5) is 21.9. The molecule has 0 spiro atoms. The summed E-state index contributed by atoms with van der Waals surface area (Å²) in [6, 6.07) is 9.83. The lowest BCUT2D eigenvalue weighted by molar-refractivity contribution is 0.119. The highest BCUT2D eigenvalue weighted by molar-refractivity contribution is 6.90. The predicted octanol–water partition coefficient (Wildman–Crippen LogP) is 8.66. The minimum Gasteiger partial charge on any atom is -0.465 e. The molecule has 48 heavy (non-hydrogen) atoms. The zero-order chi connectivity index (χ0) is 35.1. The van der Waals surface area contributed by atoms with E-state index < -0.39 is 54.8 Å². The van der Waals surface area contributed by atoms with E-state index in [9.17, 15) is 19.6 Å². The summed E-state index contributed by atoms with van der Waals surface area (Å²) >= 11 is 0. The molecule has 1 aliphatic heterocycles. The molecule has 7 nitrogen and oxygen atoms in total. The number of piperazine rings is 1. The maximum atomic E-state index is 16.6. The molecule has 0 saturated carbocycles. The molecule has 1 atom stereocenters. The summed E-state index contributed by atoms with van der Waals surface area (Å²) in [7, 11) is -2.32. The molecule has 1 aliphatic rings. The van der Waals surface area contributed by atoms with Crippen LogP contribution >= 0.6 is 0 Å². The Morgan fingerprint density at radius 2 is 1.69 bits per heavy atom. The van der Waals surface area contributed by atoms with E-state index in [-0.39, 0.29) is 70.4 Å². The third-order valence-corrected chi connectivity index (χ3v) is 16.0. The third kappa shape index (κ3) is 5.94. The number of fused-ring (bicyclic) bond motifs is 2. The number of nitrogens with zero attached hydrogens (tertiary/aromatic N) is 5. The Morgan fingerprint density at radius 1 is 1.00 bits per heavy atom. The van der Waals surface area contributed by atoms with E-state index in [1.54, 1.807) is 12.1 Å². The zero-order valence-corrected chi connectivity index (χ0v) is 28.7. The van der Waals surface area contributed by atoms with Crippen LogP contribution in [-0.2, 0) is 0 Å². The molecule has 1 aromatic heterocycles. The van der Waals surface area contributed by atoms with Crippen molar-refractivity contribution < 1.29 is 27.5 Å². The second-order valence-corrected chi connectivity index (χ2v) is 18.8. The quantitative estimate of drug-likeness (QED) is 0.0952. The van der Waals surface area contributed by atoms with Gasteiger partial charge in [-0.1, -0.05) is 71.7 Å². The van der Waals surface area contributed by atoms with Crippen molar-refractivity contribution in [2.24, 2.45) is 0 Å². The van der Waals surface area contributed by atoms with Gasteiger partial charge in [-0.15, -0.1) is 5.54 Å². The number of rotatable bonds is 6. The highest BCUT2D eigenvalue weighted by Gasteiger charge is 2.42. The molecular formula is C36H37F4N5O2Si. The molecule has 1 N–H and O–H groups in total. The molecule has 2 heterocycles. The van der Waals surface area contributed by atoms with Gasteiger partial charge in [0.25, 0.3) is 0 Å². The Labute approximate surface area is 278 Å². The van der Waals surface area contributed by atoms with Gasteiger partial charge in [0.1, 0.15) is 31.0 Å². The van der Waals surface area contributed by atoms with E-state index >= 15 is 13.2 Å². The SMILES string of the molecule is CC(C)[Si](C#Cc1c(F)ccc2cccc(-c3c(F)cc4c(N5CCN(C(=O)O)[C@@H](CC#N)C5)nc(F)nc4c3F)c12)(C(C)C)C(C)C. The van der Waals surface area contributed by atoms with Crippen LogP contribution < -0.4 is 4.90 Å². The average molecular weight is 676 g/mol. The molecule has 1 fully saturated rings. The molecule has 3 aromatic carbocycles. The Bertz CT molecular complexity index is 2000. The van der Waals surface area contributed by atoms with E-state index in [0.29, 0.717) is 5.39 Å². The van der Waals surface area contributed by atoms with Crippen LogP contribution in [0.5, 0.6) is 0 Å². The molecule has 0 radical (unpaired) electrons. The minimum absolute atomic E-state index is 0.0300. The smallest absolute Gasteiger partial charge is 0.407 e. The van der Waals surface area contributed by atoms with Crippen LogP contribution in [0.25, 0.3) is 32.8 Å². The largest absolute Gasteiger partial charge is 0.465 e. The Hall–Kier alpha value is -4.68. The van der Waals surface area contributed by atoms with Gasteiger partial charge in [0.05, 0.1) is 29.7 Å². The summed E-state index contributed by atoms with van der Waals surface area (Å²) in [5.74, 6) is 0.247. The molecule has 4 aromatic rings. The zero-order valence-electron chi connectivity index (χ0n) is 27.7. The fraction of sp³-hybridized carbons (Fsp3) is 0.389. The van der Waals surface area contributed by atoms with Gasteiger partial charge in [-0.25, -0.2) is 18.0 Å². The summed E-state index contributed by atoms with van der Waals surface area (Å²) in [5, 5.41) is 19.5. The van der Waals surface area contributed by atoms with E-state index in [4.69, 9.17) is 0 Å². The van der Waals surface area contributed by atoms with Crippen molar-refractivity contribution in [3.8, 4) is 28.7 Å². The number of nitriles is 1. The first kappa shape index (κ1) is 34.6. The topological polar surface area (TPSA) is 93.3 Å². The molecule has 12 heteroatoms. The average Bonchev–Trinajstić information content (AvgIpc) is 3.02. The van der Waals surface area contributed by atoms with Crippen molar-refractivity contribution in [2.45, 2.75) is 70.6 Å². The fourth-order valence-electron chi connectivity index (χ4n) is 7.51. The normalized spacial score (nSPS) is 15.4. The van der Waals surface area contributed by atoms with Crippen LogP contribution in [0.3, 0.4) is 0 Å². The van der Waals surface area contributed by atoms with Crippen LogP contribution in [0, 0.1) is 46.3 Å². The van der Waals surface area contributed by atoms with Crippen LogP contribution in [0.2, 0.25) is 16.6 Å². The third-order valence-electron chi connectivity index (χ3n) is 9.72. The number of halogens is 4. The predicted molar refractivity (Wildman–Crippen MR) is 181 cm³/mol. The van der Waals surface area contributed by atoms with E-state index in [0.717, 1.165) is 11.0 Å². The first-order valence-corrected chi connectivity index (χ1v) is 18.2. The summed E-state index contributed by atoms with van der Waals surface area (Å²) < 4.78 is 63.5. The monoisotopic (exact) mass is 675 g/mol. The standard InChI is InChI=1S/C36H37F4N5O2Si/c1-20(2)48(21(3)4,22(5)6)17-13-25-28(37)11-10-23-8-7-9-26(30(23)25)31-29(38)18-27-33(32(31)39)42-35(40)43-34(27)44-15-16-45(36(46)47)24(19-44)12-14-41/h7-11,18,20-22,24H,12,15-16,19H2,1-6H3,(H,46,47)/t24-/m0/s1. The van der Waals surface area contributed by atoms with Crippen LogP contribution in [0.1, 0.15) is 53.5 Å². The first-order chi connectivity index (χ1) is 22.7. The molecule has 250 valence electrons. The first-order valence-electron chi connectivity index (χ1n) is 15.9. The number of carbonyl (C=O) groups is 1. The molecular weight excluding hydrogens is 639 g/mol. The Morgan fingerprint density at radius 3 is 2.31 bits per heavy atom. The van der Waals surface area contributed by atoms with Crippen molar-refractivity contribution in [2.75, 3.05) is 24.5 Å². The van der Waals surface area contributed by atoms with Gasteiger partial charge >= 0.3 is 12.2 Å². The number of hydrogen-bond acceptors (Lipinski definition) is 5. The van der Waals surface area contributed by atoms with Crippen molar-refractivity contribution in [3.05, 3.63) is 65.5 Å². The minimum atomic E-state index is -2.32. The van der Waals surface area contributed by atoms with Crippen LogP contribution in [0.4, 0.5) is 28.2 Å². The highest BCUT2D eigenvalue weighted by atomic mass is 28.3. The molecule has 5 rings (SSSR count). The van der Waals surface area contributed by atoms with Crippen LogP contribution in [-0.4, -0.2) is 59.8 Å². The van der Waals surface area contributed by atoms with Crippen molar-refractivity contribution in [1.82, 2.24) is 14.9 Å². The second-order valence-electron chi connectivity index (χ2n) is 13.2. The lowest BCUT2D eigenvalue weighted by Gasteiger charge is -2.39. The summed E-state index contributed by atoms with van der Waals surface area (Å²) in [6.07, 6.45) is -2.62. The van der Waals surface area contributed by atoms with E-state index in [2.05, 4.69) is 63.0 Å². The van der Waals surface area contributed by atoms with Gasteiger partial charge < -0.3 is 14.9 Å². The van der Waals surface area contributed by atoms with Crippen molar-refractivity contribution >= 4 is 41.7 Å². The lowest BCUT2D eigenvalue weighted by atomic mass is 9.93. The van der Waals surface area contributed by atoms with Gasteiger partial charge in [0.2, 0.25) is 0 Å². The molecule has 1 saturated heterocycles. The second kappa shape index (κ2) is 13.4. The lowest BCUT2D eigenvalue weighted by Crippen LogP contribution is -2.55. The van der Waals surface area contributed by atoms with Crippen molar-refractivity contribution in [1.29, 1.82) is 5.26 Å².